The molecule has 0 bridgehead atoms. The number of nitrogens with one attached hydrogen (secondary N) is 3. The molecule has 0 aromatic carbocycles. The molecule has 3 N–H and O–H groups in total. The standard InChI is InChI=1S/C22H22F3N7O/c1-11(13-3-4-13)29-21-27-9-16-15(8-26-19(16)31-21)14-5-6-32-18(7-14)17(10-28-32)20(33)30-12(2)22(23,24)25/h5-13H,3-4H2,1-2H3,(H,30,33)(H2,26,27,29,31)/t11-,12-/m1/s1. The highest BCUT2D eigenvalue weighted by Gasteiger charge is 2.37. The van der Waals surface area contributed by atoms with Crippen molar-refractivity contribution >= 4 is 28.4 Å². The first-order chi connectivity index (χ1) is 15.7. The molecule has 5 rings (SSSR count). The van der Waals surface area contributed by atoms with Crippen LogP contribution < -0.4 is 10.6 Å². The molecule has 11 heteroatoms. The van der Waals surface area contributed by atoms with Crippen molar-refractivity contribution in [1.82, 2.24) is 29.9 Å². The number of rotatable bonds is 6. The Hall–Kier alpha value is -3.63. The summed E-state index contributed by atoms with van der Waals surface area (Å²) in [5.74, 6) is 0.380. The van der Waals surface area contributed by atoms with Crippen LogP contribution in [0.2, 0.25) is 0 Å². The van der Waals surface area contributed by atoms with E-state index >= 15 is 0 Å². The van der Waals surface area contributed by atoms with Crippen molar-refractivity contribution in [2.45, 2.75) is 44.9 Å². The van der Waals surface area contributed by atoms with Crippen molar-refractivity contribution in [3.63, 3.8) is 0 Å². The molecule has 1 amide bonds. The quantitative estimate of drug-likeness (QED) is 0.404. The van der Waals surface area contributed by atoms with E-state index in [2.05, 4.69) is 32.3 Å². The number of aromatic nitrogens is 5. The van der Waals surface area contributed by atoms with E-state index in [4.69, 9.17) is 0 Å². The topological polar surface area (TPSA) is 100 Å². The van der Waals surface area contributed by atoms with Crippen LogP contribution in [0.5, 0.6) is 0 Å². The lowest BCUT2D eigenvalue weighted by Gasteiger charge is -2.16. The van der Waals surface area contributed by atoms with Crippen molar-refractivity contribution in [2.24, 2.45) is 5.92 Å². The van der Waals surface area contributed by atoms with Crippen molar-refractivity contribution in [1.29, 1.82) is 0 Å². The molecule has 8 nitrogen and oxygen atoms in total. The summed E-state index contributed by atoms with van der Waals surface area (Å²) in [6, 6.07) is 1.86. The summed E-state index contributed by atoms with van der Waals surface area (Å²) >= 11 is 0. The first-order valence-electron chi connectivity index (χ1n) is 10.7. The minimum Gasteiger partial charge on any atom is -0.351 e. The first kappa shape index (κ1) is 21.2. The summed E-state index contributed by atoms with van der Waals surface area (Å²) in [6.07, 6.45) is 4.34. The normalized spacial score (nSPS) is 16.2. The van der Waals surface area contributed by atoms with Crippen LogP contribution in [0.1, 0.15) is 37.0 Å². The zero-order valence-electron chi connectivity index (χ0n) is 17.9. The fourth-order valence-corrected chi connectivity index (χ4v) is 3.81. The molecular weight excluding hydrogens is 435 g/mol. The summed E-state index contributed by atoms with van der Waals surface area (Å²) < 4.78 is 40.0. The molecule has 0 radical (unpaired) electrons. The van der Waals surface area contributed by atoms with Crippen LogP contribution >= 0.6 is 0 Å². The van der Waals surface area contributed by atoms with Gasteiger partial charge in [-0.3, -0.25) is 4.79 Å². The average molecular weight is 457 g/mol. The maximum absolute atomic E-state index is 12.8. The van der Waals surface area contributed by atoms with Crippen LogP contribution in [0.15, 0.2) is 36.9 Å². The number of halogens is 3. The second-order valence-electron chi connectivity index (χ2n) is 8.47. The van der Waals surface area contributed by atoms with E-state index in [1.807, 2.05) is 11.4 Å². The minimum atomic E-state index is -4.53. The van der Waals surface area contributed by atoms with Crippen LogP contribution in [0, 0.1) is 5.92 Å². The van der Waals surface area contributed by atoms with Crippen molar-refractivity contribution in [3.8, 4) is 11.1 Å². The molecule has 0 spiro atoms. The SMILES string of the molecule is C[C@@H](Nc1ncc2c(-c3ccn4ncc(C(=O)N[C@H](C)C(F)(F)F)c4c3)c[nH]c2n1)C1CC1. The maximum Gasteiger partial charge on any atom is 0.408 e. The number of H-pyrrole nitrogens is 1. The number of alkyl halides is 3. The number of pyridine rings is 1. The van der Waals surface area contributed by atoms with Crippen LogP contribution in [0.3, 0.4) is 0 Å². The molecule has 0 saturated heterocycles. The Kier molecular flexibility index (Phi) is 4.98. The van der Waals surface area contributed by atoms with Gasteiger partial charge in [-0.05, 0) is 50.3 Å². The minimum absolute atomic E-state index is 0.0598. The summed E-state index contributed by atoms with van der Waals surface area (Å²) in [4.78, 5) is 24.6. The number of hydrogen-bond donors (Lipinski definition) is 3. The van der Waals surface area contributed by atoms with Gasteiger partial charge in [0.05, 0.1) is 17.3 Å². The molecule has 33 heavy (non-hydrogen) atoms. The number of nitrogens with zero attached hydrogens (tertiary/aromatic N) is 4. The molecule has 4 aromatic heterocycles. The van der Waals surface area contributed by atoms with Crippen molar-refractivity contribution in [2.75, 3.05) is 5.32 Å². The summed E-state index contributed by atoms with van der Waals surface area (Å²) in [7, 11) is 0. The van der Waals surface area contributed by atoms with Crippen LogP contribution in [0.4, 0.5) is 19.1 Å². The fourth-order valence-electron chi connectivity index (χ4n) is 3.81. The Morgan fingerprint density at radius 1 is 1.27 bits per heavy atom. The second kappa shape index (κ2) is 7.75. The van der Waals surface area contributed by atoms with Gasteiger partial charge in [0.1, 0.15) is 11.7 Å². The van der Waals surface area contributed by atoms with Gasteiger partial charge in [0.25, 0.3) is 5.91 Å². The Morgan fingerprint density at radius 3 is 2.79 bits per heavy atom. The Labute approximate surface area is 186 Å². The lowest BCUT2D eigenvalue weighted by molar-refractivity contribution is -0.149. The number of aromatic amines is 1. The molecule has 4 aromatic rings. The van der Waals surface area contributed by atoms with Gasteiger partial charge in [-0.1, -0.05) is 0 Å². The second-order valence-corrected chi connectivity index (χ2v) is 8.47. The maximum atomic E-state index is 12.8. The van der Waals surface area contributed by atoms with E-state index in [-0.39, 0.29) is 5.56 Å². The third-order valence-corrected chi connectivity index (χ3v) is 6.03. The van der Waals surface area contributed by atoms with Gasteiger partial charge in [-0.25, -0.2) is 9.50 Å². The molecule has 0 unspecified atom stereocenters. The fraction of sp³-hybridized carbons (Fsp3) is 0.364. The number of hydrogen-bond acceptors (Lipinski definition) is 5. The third kappa shape index (κ3) is 4.10. The number of anilines is 1. The summed E-state index contributed by atoms with van der Waals surface area (Å²) in [5.41, 5.74) is 2.68. The van der Waals surface area contributed by atoms with Crippen molar-refractivity contribution < 1.29 is 18.0 Å². The Balaban J connectivity index is 1.45. The van der Waals surface area contributed by atoms with E-state index in [1.165, 1.54) is 23.6 Å². The van der Waals surface area contributed by atoms with Gasteiger partial charge in [0.15, 0.2) is 0 Å². The molecule has 1 aliphatic rings. The summed E-state index contributed by atoms with van der Waals surface area (Å²) in [5, 5.41) is 10.2. The number of fused-ring (bicyclic) bond motifs is 2. The van der Waals surface area contributed by atoms with E-state index in [9.17, 15) is 18.0 Å². The van der Waals surface area contributed by atoms with E-state index in [1.54, 1.807) is 24.7 Å². The van der Waals surface area contributed by atoms with Crippen LogP contribution in [-0.2, 0) is 0 Å². The molecule has 172 valence electrons. The largest absolute Gasteiger partial charge is 0.408 e. The predicted molar refractivity (Wildman–Crippen MR) is 117 cm³/mol. The molecule has 0 aliphatic heterocycles. The zero-order chi connectivity index (χ0) is 23.3. The van der Waals surface area contributed by atoms with Gasteiger partial charge in [-0.2, -0.15) is 23.3 Å². The van der Waals surface area contributed by atoms with Crippen molar-refractivity contribution in [3.05, 3.63) is 42.5 Å². The van der Waals surface area contributed by atoms with Gasteiger partial charge in [-0.15, -0.1) is 0 Å². The molecule has 1 fully saturated rings. The monoisotopic (exact) mass is 457 g/mol. The molecule has 2 atom stereocenters. The number of carbonyl (C=O) groups excluding carboxylic acids is 1. The molecule has 1 saturated carbocycles. The third-order valence-electron chi connectivity index (χ3n) is 6.03. The lowest BCUT2D eigenvalue weighted by atomic mass is 10.1. The predicted octanol–water partition coefficient (Wildman–Crippen LogP) is 4.16. The molecule has 4 heterocycles. The van der Waals surface area contributed by atoms with Crippen LogP contribution in [0.25, 0.3) is 27.7 Å². The highest BCUT2D eigenvalue weighted by atomic mass is 19.4. The van der Waals surface area contributed by atoms with Gasteiger partial charge in [0, 0.05) is 35.6 Å². The highest BCUT2D eigenvalue weighted by molar-refractivity contribution is 6.02. The zero-order valence-corrected chi connectivity index (χ0v) is 17.9. The van der Waals surface area contributed by atoms with E-state index in [0.29, 0.717) is 29.1 Å². The molecule has 1 aliphatic carbocycles. The van der Waals surface area contributed by atoms with Gasteiger partial charge < -0.3 is 15.6 Å². The Morgan fingerprint density at radius 2 is 2.06 bits per heavy atom. The van der Waals surface area contributed by atoms with Gasteiger partial charge >= 0.3 is 6.18 Å². The number of carbonyl (C=O) groups is 1. The first-order valence-corrected chi connectivity index (χ1v) is 10.7. The number of amides is 1. The average Bonchev–Trinajstić information content (AvgIpc) is 3.41. The lowest BCUT2D eigenvalue weighted by Crippen LogP contribution is -2.43. The smallest absolute Gasteiger partial charge is 0.351 e. The highest BCUT2D eigenvalue weighted by Crippen LogP contribution is 2.34. The summed E-state index contributed by atoms with van der Waals surface area (Å²) in [6.45, 7) is 3.02. The van der Waals surface area contributed by atoms with E-state index in [0.717, 1.165) is 23.4 Å². The molecular formula is C22H22F3N7O. The van der Waals surface area contributed by atoms with Gasteiger partial charge in [0.2, 0.25) is 5.95 Å². The Bertz CT molecular complexity index is 1340. The van der Waals surface area contributed by atoms with E-state index < -0.39 is 18.1 Å². The van der Waals surface area contributed by atoms with Crippen LogP contribution in [-0.4, -0.2) is 48.7 Å².